The Labute approximate surface area is 180 Å². The van der Waals surface area contributed by atoms with E-state index in [1.165, 1.54) is 11.8 Å². The number of nitrogens with zero attached hydrogens (tertiary/aromatic N) is 3. The lowest BCUT2D eigenvalue weighted by molar-refractivity contribution is -0.113. The van der Waals surface area contributed by atoms with E-state index in [0.29, 0.717) is 16.5 Å². The Morgan fingerprint density at radius 3 is 2.53 bits per heavy atom. The van der Waals surface area contributed by atoms with Gasteiger partial charge in [-0.3, -0.25) is 9.59 Å². The van der Waals surface area contributed by atoms with E-state index in [-0.39, 0.29) is 24.1 Å². The van der Waals surface area contributed by atoms with Crippen LogP contribution in [-0.2, 0) is 18.4 Å². The second-order valence-electron chi connectivity index (χ2n) is 7.17. The second kappa shape index (κ2) is 9.58. The average molecular weight is 424 g/mol. The molecule has 0 atom stereocenters. The second-order valence-corrected chi connectivity index (χ2v) is 8.11. The lowest BCUT2D eigenvalue weighted by Crippen LogP contribution is -2.24. The highest BCUT2D eigenvalue weighted by atomic mass is 32.2. The maximum absolute atomic E-state index is 12.3. The SMILES string of the molecule is Cc1cccc(C(=O)NCc2nnc(SCC(=O)Nc3ccc(C)cc3C)n2C)c1. The number of hydrogen-bond acceptors (Lipinski definition) is 5. The van der Waals surface area contributed by atoms with Crippen molar-refractivity contribution in [1.82, 2.24) is 20.1 Å². The third kappa shape index (κ3) is 5.48. The first-order valence-corrected chi connectivity index (χ1v) is 10.5. The van der Waals surface area contributed by atoms with Crippen LogP contribution in [0.1, 0.15) is 32.9 Å². The fraction of sp³-hybridized carbons (Fsp3) is 0.273. The highest BCUT2D eigenvalue weighted by Crippen LogP contribution is 2.19. The van der Waals surface area contributed by atoms with Crippen molar-refractivity contribution in [3.8, 4) is 0 Å². The van der Waals surface area contributed by atoms with E-state index in [1.807, 2.05) is 64.2 Å². The van der Waals surface area contributed by atoms with Gasteiger partial charge in [-0.15, -0.1) is 10.2 Å². The van der Waals surface area contributed by atoms with Gasteiger partial charge in [0.2, 0.25) is 5.91 Å². The molecule has 2 aromatic carbocycles. The zero-order chi connectivity index (χ0) is 21.7. The maximum atomic E-state index is 12.3. The minimum Gasteiger partial charge on any atom is -0.345 e. The Morgan fingerprint density at radius 2 is 1.80 bits per heavy atom. The Hall–Kier alpha value is -3.13. The highest BCUT2D eigenvalue weighted by Gasteiger charge is 2.13. The van der Waals surface area contributed by atoms with Gasteiger partial charge < -0.3 is 15.2 Å². The van der Waals surface area contributed by atoms with E-state index in [4.69, 9.17) is 0 Å². The summed E-state index contributed by atoms with van der Waals surface area (Å²) in [6, 6.07) is 13.3. The number of hydrogen-bond donors (Lipinski definition) is 2. The third-order valence-electron chi connectivity index (χ3n) is 4.60. The third-order valence-corrected chi connectivity index (χ3v) is 5.62. The molecule has 0 saturated carbocycles. The summed E-state index contributed by atoms with van der Waals surface area (Å²) in [6.07, 6.45) is 0. The fourth-order valence-electron chi connectivity index (χ4n) is 2.94. The normalized spacial score (nSPS) is 10.7. The molecule has 0 bridgehead atoms. The van der Waals surface area contributed by atoms with Gasteiger partial charge >= 0.3 is 0 Å². The molecule has 0 radical (unpaired) electrons. The average Bonchev–Trinajstić information content (AvgIpc) is 3.06. The van der Waals surface area contributed by atoms with E-state index in [1.54, 1.807) is 10.6 Å². The van der Waals surface area contributed by atoms with Crippen molar-refractivity contribution in [2.45, 2.75) is 32.5 Å². The van der Waals surface area contributed by atoms with Crippen LogP contribution in [0.2, 0.25) is 0 Å². The molecule has 3 rings (SSSR count). The number of nitrogens with one attached hydrogen (secondary N) is 2. The molecule has 2 amide bonds. The van der Waals surface area contributed by atoms with Crippen molar-refractivity contribution >= 4 is 29.3 Å². The summed E-state index contributed by atoms with van der Waals surface area (Å²) in [5.41, 5.74) is 4.62. The standard InChI is InChI=1S/C22H25N5O2S/c1-14-6-5-7-17(11-14)21(29)23-12-19-25-26-22(27(19)4)30-13-20(28)24-18-9-8-15(2)10-16(18)3/h5-11H,12-13H2,1-4H3,(H,23,29)(H,24,28). The molecule has 7 nitrogen and oxygen atoms in total. The van der Waals surface area contributed by atoms with Gasteiger partial charge in [0.1, 0.15) is 0 Å². The van der Waals surface area contributed by atoms with Gasteiger partial charge in [-0.2, -0.15) is 0 Å². The summed E-state index contributed by atoms with van der Waals surface area (Å²) in [5, 5.41) is 14.7. The number of thioether (sulfide) groups is 1. The van der Waals surface area contributed by atoms with E-state index in [2.05, 4.69) is 20.8 Å². The molecule has 156 valence electrons. The van der Waals surface area contributed by atoms with Crippen LogP contribution in [0.4, 0.5) is 5.69 Å². The Morgan fingerprint density at radius 1 is 1.03 bits per heavy atom. The van der Waals surface area contributed by atoms with Gasteiger partial charge in [0, 0.05) is 18.3 Å². The van der Waals surface area contributed by atoms with Crippen molar-refractivity contribution in [2.75, 3.05) is 11.1 Å². The first-order valence-electron chi connectivity index (χ1n) is 9.56. The summed E-state index contributed by atoms with van der Waals surface area (Å²) in [4.78, 5) is 24.6. The van der Waals surface area contributed by atoms with Crippen molar-refractivity contribution in [3.63, 3.8) is 0 Å². The number of amides is 2. The van der Waals surface area contributed by atoms with E-state index < -0.39 is 0 Å². The number of aryl methyl sites for hydroxylation is 3. The minimum atomic E-state index is -0.163. The molecule has 1 aromatic heterocycles. The number of carbonyl (C=O) groups is 2. The predicted octanol–water partition coefficient (Wildman–Crippen LogP) is 3.40. The number of anilines is 1. The molecular weight excluding hydrogens is 398 g/mol. The molecular formula is C22H25N5O2S. The fourth-order valence-corrected chi connectivity index (χ4v) is 3.67. The summed E-state index contributed by atoms with van der Waals surface area (Å²) in [5.74, 6) is 0.566. The molecule has 0 unspecified atom stereocenters. The summed E-state index contributed by atoms with van der Waals surface area (Å²) in [7, 11) is 1.82. The molecule has 0 aliphatic heterocycles. The first kappa shape index (κ1) is 21.6. The number of benzene rings is 2. The van der Waals surface area contributed by atoms with Gasteiger partial charge in [-0.05, 0) is 44.5 Å². The van der Waals surface area contributed by atoms with Gasteiger partial charge in [-0.25, -0.2) is 0 Å². The van der Waals surface area contributed by atoms with Crippen LogP contribution in [-0.4, -0.2) is 32.3 Å². The molecule has 8 heteroatoms. The Bertz CT molecular complexity index is 1080. The Balaban J connectivity index is 1.53. The minimum absolute atomic E-state index is 0.107. The lowest BCUT2D eigenvalue weighted by atomic mass is 10.1. The van der Waals surface area contributed by atoms with Crippen LogP contribution in [0.25, 0.3) is 0 Å². The van der Waals surface area contributed by atoms with E-state index >= 15 is 0 Å². The van der Waals surface area contributed by atoms with Crippen LogP contribution in [0.5, 0.6) is 0 Å². The quantitative estimate of drug-likeness (QED) is 0.569. The van der Waals surface area contributed by atoms with Gasteiger partial charge in [0.15, 0.2) is 11.0 Å². The topological polar surface area (TPSA) is 88.9 Å². The Kier molecular flexibility index (Phi) is 6.89. The highest BCUT2D eigenvalue weighted by molar-refractivity contribution is 7.99. The summed E-state index contributed by atoms with van der Waals surface area (Å²) in [6.45, 7) is 6.18. The van der Waals surface area contributed by atoms with Gasteiger partial charge in [-0.1, -0.05) is 47.2 Å². The van der Waals surface area contributed by atoms with Crippen LogP contribution >= 0.6 is 11.8 Å². The van der Waals surface area contributed by atoms with Crippen LogP contribution in [0.3, 0.4) is 0 Å². The van der Waals surface area contributed by atoms with Crippen LogP contribution in [0, 0.1) is 20.8 Å². The van der Waals surface area contributed by atoms with Crippen LogP contribution < -0.4 is 10.6 Å². The maximum Gasteiger partial charge on any atom is 0.251 e. The largest absolute Gasteiger partial charge is 0.345 e. The molecule has 2 N–H and O–H groups in total. The monoisotopic (exact) mass is 423 g/mol. The molecule has 3 aromatic rings. The number of rotatable bonds is 7. The molecule has 0 saturated heterocycles. The number of aromatic nitrogens is 3. The molecule has 30 heavy (non-hydrogen) atoms. The summed E-state index contributed by atoms with van der Waals surface area (Å²) < 4.78 is 1.78. The molecule has 0 spiro atoms. The molecule has 0 fully saturated rings. The summed E-state index contributed by atoms with van der Waals surface area (Å²) >= 11 is 1.30. The zero-order valence-corrected chi connectivity index (χ0v) is 18.3. The smallest absolute Gasteiger partial charge is 0.251 e. The van der Waals surface area contributed by atoms with Crippen molar-refractivity contribution in [3.05, 3.63) is 70.5 Å². The predicted molar refractivity (Wildman–Crippen MR) is 119 cm³/mol. The van der Waals surface area contributed by atoms with E-state index in [0.717, 1.165) is 22.4 Å². The lowest BCUT2D eigenvalue weighted by Gasteiger charge is -2.09. The number of carbonyl (C=O) groups excluding carboxylic acids is 2. The zero-order valence-electron chi connectivity index (χ0n) is 17.5. The van der Waals surface area contributed by atoms with Crippen molar-refractivity contribution in [2.24, 2.45) is 7.05 Å². The molecule has 0 aliphatic rings. The molecule has 0 aliphatic carbocycles. The van der Waals surface area contributed by atoms with Crippen LogP contribution in [0.15, 0.2) is 47.6 Å². The van der Waals surface area contributed by atoms with Crippen molar-refractivity contribution in [1.29, 1.82) is 0 Å². The molecule has 1 heterocycles. The van der Waals surface area contributed by atoms with Gasteiger partial charge in [0.25, 0.3) is 5.91 Å². The first-order chi connectivity index (χ1) is 14.3. The van der Waals surface area contributed by atoms with E-state index in [9.17, 15) is 9.59 Å². The van der Waals surface area contributed by atoms with Gasteiger partial charge in [0.05, 0.1) is 12.3 Å². The van der Waals surface area contributed by atoms with Crippen molar-refractivity contribution < 1.29 is 9.59 Å².